The van der Waals surface area contributed by atoms with Crippen molar-refractivity contribution in [1.82, 2.24) is 18.8 Å². The van der Waals surface area contributed by atoms with E-state index in [9.17, 15) is 13.2 Å². The predicted molar refractivity (Wildman–Crippen MR) is 114 cm³/mol. The van der Waals surface area contributed by atoms with E-state index in [1.54, 1.807) is 0 Å². The average Bonchev–Trinajstić information content (AvgIpc) is 3.17. The zero-order chi connectivity index (χ0) is 26.7. The summed E-state index contributed by atoms with van der Waals surface area (Å²) in [6.45, 7) is -0.896. The number of aromatic nitrogens is 3. The van der Waals surface area contributed by atoms with Crippen LogP contribution in [-0.2, 0) is 10.0 Å². The van der Waals surface area contributed by atoms with Gasteiger partial charge in [-0.05, 0) is 44.5 Å². The molecule has 2 aliphatic rings. The van der Waals surface area contributed by atoms with E-state index >= 15 is 0 Å². The van der Waals surface area contributed by atoms with Gasteiger partial charge in [0.25, 0.3) is 5.56 Å². The lowest BCUT2D eigenvalue weighted by molar-refractivity contribution is 0.331. The highest BCUT2D eigenvalue weighted by molar-refractivity contribution is 7.88. The van der Waals surface area contributed by atoms with Crippen LogP contribution >= 0.6 is 0 Å². The molecule has 0 spiro atoms. The summed E-state index contributed by atoms with van der Waals surface area (Å²) in [5.74, 6) is 0.196. The molecule has 2 aromatic rings. The Morgan fingerprint density at radius 2 is 2.07 bits per heavy atom. The largest absolute Gasteiger partial charge is 0.351 e. The summed E-state index contributed by atoms with van der Waals surface area (Å²) < 4.78 is 80.7. The normalized spacial score (nSPS) is 29.8. The van der Waals surface area contributed by atoms with Crippen LogP contribution in [0.3, 0.4) is 0 Å². The number of rotatable bonds is 4. The lowest BCUT2D eigenvalue weighted by Crippen LogP contribution is -2.42. The molecule has 2 atom stereocenters. The lowest BCUT2D eigenvalue weighted by Gasteiger charge is -2.30. The van der Waals surface area contributed by atoms with Gasteiger partial charge in [-0.2, -0.15) is 4.98 Å². The SMILES string of the molecule is [2H]C1(Nc2ncc3cc(C([2H])([2H])[2H])c(=O)n([C@@H]4CCC[C@@H]4C)c3n2)CCN(S(=O)(=O)C([2H])([2H])[2H])CC1. The fourth-order valence-electron chi connectivity index (χ4n) is 4.28. The van der Waals surface area contributed by atoms with Crippen LogP contribution in [0.5, 0.6) is 0 Å². The summed E-state index contributed by atoms with van der Waals surface area (Å²) in [6.07, 6.45) is 0.745. The predicted octanol–water partition coefficient (Wildman–Crippen LogP) is 2.30. The van der Waals surface area contributed by atoms with Crippen LogP contribution in [0, 0.1) is 12.8 Å². The fourth-order valence-corrected chi connectivity index (χ4v) is 4.94. The Hall–Kier alpha value is -2.00. The zero-order valence-corrected chi connectivity index (χ0v) is 17.0. The summed E-state index contributed by atoms with van der Waals surface area (Å²) in [4.78, 5) is 22.0. The third-order valence-corrected chi connectivity index (χ3v) is 6.92. The monoisotopic (exact) mass is 426 g/mol. The van der Waals surface area contributed by atoms with Crippen molar-refractivity contribution in [3.05, 3.63) is 28.2 Å². The van der Waals surface area contributed by atoms with Crippen LogP contribution < -0.4 is 10.9 Å². The second kappa shape index (κ2) is 7.68. The van der Waals surface area contributed by atoms with Crippen molar-refractivity contribution in [2.45, 2.75) is 57.9 Å². The first-order valence-electron chi connectivity index (χ1n) is 13.2. The Balaban J connectivity index is 1.68. The summed E-state index contributed by atoms with van der Waals surface area (Å²) in [5.41, 5.74) is -0.636. The molecule has 0 unspecified atom stereocenters. The first-order chi connectivity index (χ1) is 16.5. The molecule has 1 N–H and O–H groups in total. The summed E-state index contributed by atoms with van der Waals surface area (Å²) in [7, 11) is -4.49. The van der Waals surface area contributed by atoms with Gasteiger partial charge in [-0.3, -0.25) is 9.36 Å². The van der Waals surface area contributed by atoms with Crippen molar-refractivity contribution in [2.75, 3.05) is 24.6 Å². The summed E-state index contributed by atoms with van der Waals surface area (Å²) in [6, 6.07) is -0.291. The number of pyridine rings is 1. The van der Waals surface area contributed by atoms with Gasteiger partial charge in [-0.25, -0.2) is 17.7 Å². The van der Waals surface area contributed by atoms with Crippen LogP contribution in [0.1, 0.15) is 60.2 Å². The number of hydrogen-bond acceptors (Lipinski definition) is 6. The number of nitrogens with one attached hydrogen (secondary N) is 1. The van der Waals surface area contributed by atoms with Crippen molar-refractivity contribution in [3.63, 3.8) is 0 Å². The number of piperidine rings is 1. The van der Waals surface area contributed by atoms with E-state index in [1.807, 2.05) is 6.92 Å². The van der Waals surface area contributed by atoms with Crippen LogP contribution in [-0.4, -0.2) is 52.5 Å². The molecule has 4 rings (SSSR count). The average molecular weight is 427 g/mol. The van der Waals surface area contributed by atoms with Crippen molar-refractivity contribution >= 4 is 27.0 Å². The Kier molecular flexibility index (Phi) is 3.53. The maximum absolute atomic E-state index is 13.3. The molecule has 1 aliphatic carbocycles. The number of sulfonamides is 1. The van der Waals surface area contributed by atoms with Crippen LogP contribution in [0.4, 0.5) is 5.95 Å². The van der Waals surface area contributed by atoms with E-state index in [0.29, 0.717) is 11.8 Å². The lowest BCUT2D eigenvalue weighted by atomic mass is 10.1. The highest BCUT2D eigenvalue weighted by atomic mass is 32.2. The molecular formula is C20H29N5O3S. The van der Waals surface area contributed by atoms with Gasteiger partial charge in [-0.1, -0.05) is 13.3 Å². The second-order valence-corrected chi connectivity index (χ2v) is 9.28. The third kappa shape index (κ3) is 4.02. The van der Waals surface area contributed by atoms with E-state index in [2.05, 4.69) is 15.3 Å². The number of aryl methyl sites for hydroxylation is 1. The molecule has 9 heteroatoms. The minimum absolute atomic E-state index is 0.00580. The zero-order valence-electron chi connectivity index (χ0n) is 23.2. The quantitative estimate of drug-likeness (QED) is 0.806. The van der Waals surface area contributed by atoms with Gasteiger partial charge in [0.1, 0.15) is 5.65 Å². The van der Waals surface area contributed by atoms with Gasteiger partial charge >= 0.3 is 0 Å². The highest BCUT2D eigenvalue weighted by Gasteiger charge is 2.29. The molecule has 1 saturated carbocycles. The molecule has 0 radical (unpaired) electrons. The molecule has 1 saturated heterocycles. The molecule has 29 heavy (non-hydrogen) atoms. The molecule has 8 nitrogen and oxygen atoms in total. The van der Waals surface area contributed by atoms with E-state index < -0.39 is 34.6 Å². The van der Waals surface area contributed by atoms with Crippen LogP contribution in [0.15, 0.2) is 17.1 Å². The van der Waals surface area contributed by atoms with Crippen molar-refractivity contribution in [3.8, 4) is 0 Å². The fraction of sp³-hybridized carbons (Fsp3) is 0.650. The van der Waals surface area contributed by atoms with Gasteiger partial charge in [0.05, 0.1) is 7.55 Å². The molecule has 0 amide bonds. The van der Waals surface area contributed by atoms with Crippen molar-refractivity contribution < 1.29 is 18.0 Å². The number of anilines is 1. The van der Waals surface area contributed by atoms with E-state index in [-0.39, 0.29) is 55.0 Å². The molecule has 2 fully saturated rings. The van der Waals surface area contributed by atoms with E-state index in [1.165, 1.54) is 16.8 Å². The molecule has 158 valence electrons. The number of fused-ring (bicyclic) bond motifs is 1. The number of hydrogen-bond donors (Lipinski definition) is 1. The number of nitrogens with zero attached hydrogens (tertiary/aromatic N) is 4. The summed E-state index contributed by atoms with van der Waals surface area (Å²) >= 11 is 0. The molecule has 1 aliphatic heterocycles. The van der Waals surface area contributed by atoms with E-state index in [0.717, 1.165) is 17.1 Å². The third-order valence-electron chi connectivity index (χ3n) is 5.88. The molecule has 0 aromatic carbocycles. The Labute approximate surface area is 181 Å². The van der Waals surface area contributed by atoms with Crippen LogP contribution in [0.25, 0.3) is 11.0 Å². The van der Waals surface area contributed by atoms with Gasteiger partial charge in [0, 0.05) is 50.5 Å². The standard InChI is InChI=1S/C20H29N5O3S/c1-13-5-4-6-17(13)25-18-15(11-14(2)19(25)26)12-21-20(23-18)22-16-7-9-24(10-8-16)29(3,27)28/h11-13,16-17H,4-10H2,1-3H3,(H,21,22,23)/t13-,17+/m0/s1/i2D3,3D3,16D. The topological polar surface area (TPSA) is 97.2 Å². The minimum Gasteiger partial charge on any atom is -0.351 e. The van der Waals surface area contributed by atoms with E-state index in [4.69, 9.17) is 9.60 Å². The summed E-state index contributed by atoms with van der Waals surface area (Å²) in [5, 5.41) is 3.30. The first kappa shape index (κ1) is 13.3. The maximum Gasteiger partial charge on any atom is 0.255 e. The highest BCUT2D eigenvalue weighted by Crippen LogP contribution is 2.36. The smallest absolute Gasteiger partial charge is 0.255 e. The second-order valence-electron chi connectivity index (χ2n) is 7.81. The minimum atomic E-state index is -4.49. The Morgan fingerprint density at radius 3 is 2.72 bits per heavy atom. The molecule has 3 heterocycles. The molecule has 0 bridgehead atoms. The first-order valence-corrected chi connectivity index (χ1v) is 11.2. The molecular weight excluding hydrogens is 390 g/mol. The van der Waals surface area contributed by atoms with Crippen molar-refractivity contribution in [2.24, 2.45) is 5.92 Å². The van der Waals surface area contributed by atoms with Gasteiger partial charge in [0.15, 0.2) is 0 Å². The maximum atomic E-state index is 13.3. The van der Waals surface area contributed by atoms with Gasteiger partial charge in [-0.15, -0.1) is 0 Å². The van der Waals surface area contributed by atoms with Crippen molar-refractivity contribution in [1.29, 1.82) is 0 Å². The Bertz CT molecular complexity index is 1320. The van der Waals surface area contributed by atoms with Gasteiger partial charge < -0.3 is 5.32 Å². The Morgan fingerprint density at radius 1 is 1.28 bits per heavy atom. The van der Waals surface area contributed by atoms with Crippen LogP contribution in [0.2, 0.25) is 0 Å². The molecule has 2 aromatic heterocycles. The van der Waals surface area contributed by atoms with Gasteiger partial charge in [0.2, 0.25) is 16.0 Å².